The fraction of sp³-hybridized carbons (Fsp3) is 0.364. The van der Waals surface area contributed by atoms with E-state index in [9.17, 15) is 17.6 Å². The van der Waals surface area contributed by atoms with E-state index < -0.39 is 25.7 Å². The van der Waals surface area contributed by atoms with Gasteiger partial charge in [0.25, 0.3) is 15.0 Å². The Kier molecular flexibility index (Phi) is 5.28. The highest BCUT2D eigenvalue weighted by atomic mass is 35.7. The minimum absolute atomic E-state index is 0.0410. The van der Waals surface area contributed by atoms with Crippen molar-refractivity contribution in [3.05, 3.63) is 29.6 Å². The van der Waals surface area contributed by atoms with Gasteiger partial charge in [-0.05, 0) is 18.2 Å². The fourth-order valence-electron chi connectivity index (χ4n) is 1.37. The number of nitrogens with zero attached hydrogens (tertiary/aromatic N) is 1. The van der Waals surface area contributed by atoms with Crippen molar-refractivity contribution in [3.63, 3.8) is 0 Å². The van der Waals surface area contributed by atoms with Crippen molar-refractivity contribution in [1.82, 2.24) is 4.90 Å². The van der Waals surface area contributed by atoms with Crippen LogP contribution in [-0.2, 0) is 13.8 Å². The Bertz CT molecular complexity index is 576. The molecule has 0 fully saturated rings. The highest BCUT2D eigenvalue weighted by molar-refractivity contribution is 8.13. The topological polar surface area (TPSA) is 63.7 Å². The van der Waals surface area contributed by atoms with Crippen LogP contribution in [-0.4, -0.2) is 46.5 Å². The van der Waals surface area contributed by atoms with Gasteiger partial charge in [0.15, 0.2) is 0 Å². The number of rotatable bonds is 5. The van der Waals surface area contributed by atoms with Crippen molar-refractivity contribution in [2.24, 2.45) is 0 Å². The normalized spacial score (nSPS) is 11.4. The standard InChI is InChI=1S/C11H13ClFNO4S/c1-14(5-6-18-2)11(15)8-3-4-9(13)10(7-8)19(12,16)17/h3-4,7H,5-6H2,1-2H3. The molecule has 0 aromatic heterocycles. The first-order valence-electron chi connectivity index (χ1n) is 5.26. The molecule has 0 N–H and O–H groups in total. The molecule has 1 aromatic carbocycles. The van der Waals surface area contributed by atoms with Crippen molar-refractivity contribution < 1.29 is 22.3 Å². The van der Waals surface area contributed by atoms with E-state index in [4.69, 9.17) is 15.4 Å². The Morgan fingerprint density at radius 2 is 2.11 bits per heavy atom. The molecule has 106 valence electrons. The first-order valence-corrected chi connectivity index (χ1v) is 7.57. The number of methoxy groups -OCH3 is 1. The average Bonchev–Trinajstić information content (AvgIpc) is 2.34. The summed E-state index contributed by atoms with van der Waals surface area (Å²) < 4.78 is 40.5. The van der Waals surface area contributed by atoms with Gasteiger partial charge in [-0.2, -0.15) is 0 Å². The number of halogens is 2. The molecule has 0 spiro atoms. The van der Waals surface area contributed by atoms with Crippen molar-refractivity contribution >= 4 is 25.6 Å². The van der Waals surface area contributed by atoms with Gasteiger partial charge in [-0.3, -0.25) is 4.79 Å². The zero-order valence-electron chi connectivity index (χ0n) is 10.4. The Labute approximate surface area is 115 Å². The zero-order valence-corrected chi connectivity index (χ0v) is 12.0. The molecule has 0 radical (unpaired) electrons. The van der Waals surface area contributed by atoms with Crippen molar-refractivity contribution in [3.8, 4) is 0 Å². The van der Waals surface area contributed by atoms with Gasteiger partial charge in [0, 0.05) is 36.9 Å². The van der Waals surface area contributed by atoms with Crippen LogP contribution in [0.1, 0.15) is 10.4 Å². The van der Waals surface area contributed by atoms with Crippen LogP contribution in [0.5, 0.6) is 0 Å². The molecule has 0 bridgehead atoms. The van der Waals surface area contributed by atoms with Crippen LogP contribution in [0.3, 0.4) is 0 Å². The molecule has 19 heavy (non-hydrogen) atoms. The smallest absolute Gasteiger partial charge is 0.264 e. The molecule has 1 rings (SSSR count). The predicted molar refractivity (Wildman–Crippen MR) is 68.3 cm³/mol. The molecular weight excluding hydrogens is 297 g/mol. The minimum atomic E-state index is -4.23. The third-order valence-corrected chi connectivity index (χ3v) is 3.76. The van der Waals surface area contributed by atoms with Crippen molar-refractivity contribution in [1.29, 1.82) is 0 Å². The van der Waals surface area contributed by atoms with E-state index in [0.29, 0.717) is 13.2 Å². The highest BCUT2D eigenvalue weighted by Gasteiger charge is 2.20. The molecule has 1 amide bonds. The van der Waals surface area contributed by atoms with Gasteiger partial charge in [-0.1, -0.05) is 0 Å². The van der Waals surface area contributed by atoms with Gasteiger partial charge >= 0.3 is 0 Å². The molecule has 0 aliphatic heterocycles. The molecular formula is C11H13ClFNO4S. The Hall–Kier alpha value is -1.18. The van der Waals surface area contributed by atoms with Crippen LogP contribution in [0.2, 0.25) is 0 Å². The maximum absolute atomic E-state index is 13.3. The molecule has 0 atom stereocenters. The first kappa shape index (κ1) is 15.9. The quantitative estimate of drug-likeness (QED) is 0.773. The second kappa shape index (κ2) is 6.31. The van der Waals surface area contributed by atoms with Gasteiger partial charge in [-0.25, -0.2) is 12.8 Å². The number of likely N-dealkylation sites (N-methyl/N-ethyl adjacent to an activating group) is 1. The second-order valence-electron chi connectivity index (χ2n) is 3.80. The summed E-state index contributed by atoms with van der Waals surface area (Å²) in [5, 5.41) is 0. The highest BCUT2D eigenvalue weighted by Crippen LogP contribution is 2.21. The van der Waals surface area contributed by atoms with Crippen LogP contribution >= 0.6 is 10.7 Å². The Balaban J connectivity index is 3.06. The predicted octanol–water partition coefficient (Wildman–Crippen LogP) is 1.47. The van der Waals surface area contributed by atoms with Crippen LogP contribution in [0.4, 0.5) is 4.39 Å². The summed E-state index contributed by atoms with van der Waals surface area (Å²) in [5.41, 5.74) is 0.0410. The summed E-state index contributed by atoms with van der Waals surface area (Å²) >= 11 is 0. The van der Waals surface area contributed by atoms with Gasteiger partial charge < -0.3 is 9.64 Å². The lowest BCUT2D eigenvalue weighted by molar-refractivity contribution is 0.0744. The van der Waals surface area contributed by atoms with E-state index >= 15 is 0 Å². The third-order valence-electron chi connectivity index (χ3n) is 2.42. The lowest BCUT2D eigenvalue weighted by Crippen LogP contribution is -2.30. The molecule has 0 aliphatic carbocycles. The summed E-state index contributed by atoms with van der Waals surface area (Å²) in [4.78, 5) is 12.6. The second-order valence-corrected chi connectivity index (χ2v) is 6.34. The summed E-state index contributed by atoms with van der Waals surface area (Å²) in [5.74, 6) is -1.44. The van der Waals surface area contributed by atoms with Gasteiger partial charge in [0.1, 0.15) is 10.7 Å². The minimum Gasteiger partial charge on any atom is -0.383 e. The molecule has 0 saturated heterocycles. The van der Waals surface area contributed by atoms with E-state index in [2.05, 4.69) is 0 Å². The molecule has 1 aromatic rings. The van der Waals surface area contributed by atoms with Gasteiger partial charge in [0.2, 0.25) is 0 Å². The molecule has 0 aliphatic rings. The number of amides is 1. The van der Waals surface area contributed by atoms with E-state index in [1.807, 2.05) is 0 Å². The average molecular weight is 310 g/mol. The zero-order chi connectivity index (χ0) is 14.6. The first-order chi connectivity index (χ1) is 8.77. The lowest BCUT2D eigenvalue weighted by Gasteiger charge is -2.16. The van der Waals surface area contributed by atoms with Gasteiger partial charge in [0.05, 0.1) is 6.61 Å². The number of carbonyl (C=O) groups excluding carboxylic acids is 1. The molecule has 8 heteroatoms. The van der Waals surface area contributed by atoms with Crippen LogP contribution < -0.4 is 0 Å². The van der Waals surface area contributed by atoms with Crippen LogP contribution in [0.25, 0.3) is 0 Å². The van der Waals surface area contributed by atoms with E-state index in [0.717, 1.165) is 12.1 Å². The van der Waals surface area contributed by atoms with Gasteiger partial charge in [-0.15, -0.1) is 0 Å². The number of carbonyl (C=O) groups is 1. The summed E-state index contributed by atoms with van der Waals surface area (Å²) in [6.45, 7) is 0.666. The third kappa shape index (κ3) is 4.15. The van der Waals surface area contributed by atoms with Crippen LogP contribution in [0.15, 0.2) is 23.1 Å². The largest absolute Gasteiger partial charge is 0.383 e. The summed E-state index contributed by atoms with van der Waals surface area (Å²) in [6, 6.07) is 3.02. The number of hydrogen-bond donors (Lipinski definition) is 0. The van der Waals surface area contributed by atoms with Crippen molar-refractivity contribution in [2.75, 3.05) is 27.3 Å². The monoisotopic (exact) mass is 309 g/mol. The van der Waals surface area contributed by atoms with E-state index in [1.165, 1.54) is 25.1 Å². The number of hydrogen-bond acceptors (Lipinski definition) is 4. The molecule has 0 saturated carbocycles. The number of ether oxygens (including phenoxy) is 1. The van der Waals surface area contributed by atoms with E-state index in [-0.39, 0.29) is 5.56 Å². The fourth-order valence-corrected chi connectivity index (χ4v) is 2.30. The summed E-state index contributed by atoms with van der Waals surface area (Å²) in [6.07, 6.45) is 0. The van der Waals surface area contributed by atoms with E-state index in [1.54, 1.807) is 0 Å². The lowest BCUT2D eigenvalue weighted by atomic mass is 10.2. The number of benzene rings is 1. The molecule has 0 heterocycles. The molecule has 5 nitrogen and oxygen atoms in total. The molecule has 0 unspecified atom stereocenters. The SMILES string of the molecule is COCCN(C)C(=O)c1ccc(F)c(S(=O)(=O)Cl)c1. The van der Waals surface area contributed by atoms with Crippen molar-refractivity contribution in [2.45, 2.75) is 4.90 Å². The summed E-state index contributed by atoms with van der Waals surface area (Å²) in [7, 11) is 3.88. The maximum Gasteiger partial charge on any atom is 0.264 e. The van der Waals surface area contributed by atoms with Crippen LogP contribution in [0, 0.1) is 5.82 Å². The maximum atomic E-state index is 13.3. The Morgan fingerprint density at radius 3 is 2.63 bits per heavy atom. The Morgan fingerprint density at radius 1 is 1.47 bits per heavy atom.